The maximum atomic E-state index is 11.8. The fourth-order valence-electron chi connectivity index (χ4n) is 2.10. The van der Waals surface area contributed by atoms with E-state index in [2.05, 4.69) is 4.90 Å². The molecule has 4 nitrogen and oxygen atoms in total. The van der Waals surface area contributed by atoms with Gasteiger partial charge in [0.25, 0.3) is 0 Å². The summed E-state index contributed by atoms with van der Waals surface area (Å²) in [4.78, 5) is 13.9. The molecule has 100 valence electrons. The monoisotopic (exact) mass is 263 g/mol. The van der Waals surface area contributed by atoms with E-state index in [9.17, 15) is 4.79 Å². The van der Waals surface area contributed by atoms with Crippen LogP contribution >= 0.6 is 11.6 Å². The van der Waals surface area contributed by atoms with Crippen LogP contribution in [-0.4, -0.2) is 55.7 Å². The molecule has 0 amide bonds. The van der Waals surface area contributed by atoms with Crippen molar-refractivity contribution in [3.05, 3.63) is 0 Å². The molecule has 0 aliphatic carbocycles. The van der Waals surface area contributed by atoms with Gasteiger partial charge in [0.15, 0.2) is 0 Å². The Balaban J connectivity index is 2.34. The highest BCUT2D eigenvalue weighted by Crippen LogP contribution is 2.17. The minimum Gasteiger partial charge on any atom is -0.465 e. The quantitative estimate of drug-likeness (QED) is 0.398. The van der Waals surface area contributed by atoms with Gasteiger partial charge in [-0.25, -0.2) is 0 Å². The minimum absolute atomic E-state index is 0.0803. The fourth-order valence-corrected chi connectivity index (χ4v) is 2.21. The highest BCUT2D eigenvalue weighted by atomic mass is 35.5. The molecular formula is C12H22ClNO3. The molecule has 0 aromatic rings. The van der Waals surface area contributed by atoms with Crippen LogP contribution in [-0.2, 0) is 14.3 Å². The SMILES string of the molecule is CCOC(=O)C1CCCCN1CCOCCCl. The summed E-state index contributed by atoms with van der Waals surface area (Å²) in [6.45, 7) is 5.22. The number of piperidine rings is 1. The normalized spacial score (nSPS) is 21.4. The van der Waals surface area contributed by atoms with Crippen molar-refractivity contribution in [1.82, 2.24) is 4.90 Å². The first kappa shape index (κ1) is 14.7. The van der Waals surface area contributed by atoms with Crippen LogP contribution in [0.1, 0.15) is 26.2 Å². The number of halogens is 1. The number of hydrogen-bond acceptors (Lipinski definition) is 4. The van der Waals surface area contributed by atoms with Crippen molar-refractivity contribution in [2.24, 2.45) is 0 Å². The standard InChI is InChI=1S/C12H22ClNO3/c1-2-17-12(15)11-5-3-4-7-14(11)8-10-16-9-6-13/h11H,2-10H2,1H3. The van der Waals surface area contributed by atoms with E-state index in [1.807, 2.05) is 6.92 Å². The molecule has 0 N–H and O–H groups in total. The Morgan fingerprint density at radius 3 is 2.94 bits per heavy atom. The number of carbonyl (C=O) groups is 1. The number of hydrogen-bond donors (Lipinski definition) is 0. The molecule has 0 bridgehead atoms. The summed E-state index contributed by atoms with van der Waals surface area (Å²) in [6, 6.07) is -0.0803. The van der Waals surface area contributed by atoms with Crippen LogP contribution in [0.2, 0.25) is 0 Å². The first-order valence-corrected chi connectivity index (χ1v) is 6.87. The lowest BCUT2D eigenvalue weighted by Gasteiger charge is -2.33. The Hall–Kier alpha value is -0.320. The predicted octanol–water partition coefficient (Wildman–Crippen LogP) is 1.66. The van der Waals surface area contributed by atoms with Crippen LogP contribution in [0, 0.1) is 0 Å². The Morgan fingerprint density at radius 2 is 2.24 bits per heavy atom. The van der Waals surface area contributed by atoms with Crippen molar-refractivity contribution in [3.63, 3.8) is 0 Å². The largest absolute Gasteiger partial charge is 0.465 e. The zero-order valence-corrected chi connectivity index (χ0v) is 11.2. The van der Waals surface area contributed by atoms with E-state index < -0.39 is 0 Å². The zero-order valence-electron chi connectivity index (χ0n) is 10.5. The number of likely N-dealkylation sites (tertiary alicyclic amines) is 1. The first-order chi connectivity index (χ1) is 8.29. The Labute approximate surface area is 108 Å². The number of carbonyl (C=O) groups excluding carboxylic acids is 1. The van der Waals surface area contributed by atoms with Crippen molar-refractivity contribution < 1.29 is 14.3 Å². The number of alkyl halides is 1. The van der Waals surface area contributed by atoms with Crippen molar-refractivity contribution in [3.8, 4) is 0 Å². The van der Waals surface area contributed by atoms with E-state index in [0.29, 0.717) is 25.7 Å². The topological polar surface area (TPSA) is 38.8 Å². The van der Waals surface area contributed by atoms with Crippen molar-refractivity contribution in [1.29, 1.82) is 0 Å². The second-order valence-corrected chi connectivity index (χ2v) is 4.48. The van der Waals surface area contributed by atoms with Crippen molar-refractivity contribution in [2.45, 2.75) is 32.2 Å². The van der Waals surface area contributed by atoms with Gasteiger partial charge < -0.3 is 9.47 Å². The molecule has 0 aromatic carbocycles. The van der Waals surface area contributed by atoms with Gasteiger partial charge >= 0.3 is 5.97 Å². The molecule has 1 fully saturated rings. The van der Waals surface area contributed by atoms with Crippen LogP contribution < -0.4 is 0 Å². The van der Waals surface area contributed by atoms with Gasteiger partial charge in [-0.15, -0.1) is 11.6 Å². The van der Waals surface area contributed by atoms with E-state index in [0.717, 1.165) is 32.4 Å². The van der Waals surface area contributed by atoms with Gasteiger partial charge in [-0.05, 0) is 26.3 Å². The average molecular weight is 264 g/mol. The Kier molecular flexibility index (Phi) is 7.56. The Bertz CT molecular complexity index is 226. The lowest BCUT2D eigenvalue weighted by atomic mass is 10.0. The highest BCUT2D eigenvalue weighted by Gasteiger charge is 2.29. The summed E-state index contributed by atoms with van der Waals surface area (Å²) < 4.78 is 10.4. The molecular weight excluding hydrogens is 242 g/mol. The summed E-state index contributed by atoms with van der Waals surface area (Å²) >= 11 is 5.53. The Morgan fingerprint density at radius 1 is 1.41 bits per heavy atom. The van der Waals surface area contributed by atoms with Gasteiger partial charge in [-0.2, -0.15) is 0 Å². The van der Waals surface area contributed by atoms with Gasteiger partial charge in [0, 0.05) is 12.4 Å². The maximum absolute atomic E-state index is 11.8. The third-order valence-corrected chi connectivity index (χ3v) is 3.07. The van der Waals surface area contributed by atoms with E-state index in [1.54, 1.807) is 0 Å². The molecule has 0 spiro atoms. The van der Waals surface area contributed by atoms with Gasteiger partial charge in [0.2, 0.25) is 0 Å². The summed E-state index contributed by atoms with van der Waals surface area (Å²) in [7, 11) is 0. The molecule has 1 heterocycles. The second kappa shape index (κ2) is 8.72. The predicted molar refractivity (Wildman–Crippen MR) is 67.4 cm³/mol. The molecule has 1 atom stereocenters. The smallest absolute Gasteiger partial charge is 0.323 e. The molecule has 1 unspecified atom stereocenters. The van der Waals surface area contributed by atoms with Crippen LogP contribution in [0.25, 0.3) is 0 Å². The molecule has 1 aliphatic rings. The molecule has 0 radical (unpaired) electrons. The maximum Gasteiger partial charge on any atom is 0.323 e. The van der Waals surface area contributed by atoms with Gasteiger partial charge in [-0.1, -0.05) is 6.42 Å². The second-order valence-electron chi connectivity index (χ2n) is 4.10. The lowest BCUT2D eigenvalue weighted by molar-refractivity contribution is -0.151. The van der Waals surface area contributed by atoms with Crippen LogP contribution in [0.5, 0.6) is 0 Å². The summed E-state index contributed by atoms with van der Waals surface area (Å²) in [5.74, 6) is 0.422. The molecule has 0 saturated carbocycles. The molecule has 5 heteroatoms. The van der Waals surface area contributed by atoms with E-state index in [4.69, 9.17) is 21.1 Å². The molecule has 1 saturated heterocycles. The minimum atomic E-state index is -0.0930. The third-order valence-electron chi connectivity index (χ3n) is 2.92. The number of ether oxygens (including phenoxy) is 2. The zero-order chi connectivity index (χ0) is 12.5. The van der Waals surface area contributed by atoms with Gasteiger partial charge in [-0.3, -0.25) is 9.69 Å². The average Bonchev–Trinajstić information content (AvgIpc) is 2.35. The molecule has 17 heavy (non-hydrogen) atoms. The van der Waals surface area contributed by atoms with Crippen LogP contribution in [0.3, 0.4) is 0 Å². The summed E-state index contributed by atoms with van der Waals surface area (Å²) in [5.41, 5.74) is 0. The van der Waals surface area contributed by atoms with E-state index in [-0.39, 0.29) is 12.0 Å². The van der Waals surface area contributed by atoms with E-state index in [1.165, 1.54) is 0 Å². The summed E-state index contributed by atoms with van der Waals surface area (Å²) in [5, 5.41) is 0. The number of nitrogens with zero attached hydrogens (tertiary/aromatic N) is 1. The molecule has 1 aliphatic heterocycles. The molecule has 1 rings (SSSR count). The van der Waals surface area contributed by atoms with Crippen molar-refractivity contribution >= 4 is 17.6 Å². The third kappa shape index (κ3) is 5.23. The molecule has 0 aromatic heterocycles. The first-order valence-electron chi connectivity index (χ1n) is 6.34. The highest BCUT2D eigenvalue weighted by molar-refractivity contribution is 6.17. The van der Waals surface area contributed by atoms with E-state index >= 15 is 0 Å². The van der Waals surface area contributed by atoms with Crippen LogP contribution in [0.15, 0.2) is 0 Å². The van der Waals surface area contributed by atoms with Crippen LogP contribution in [0.4, 0.5) is 0 Å². The van der Waals surface area contributed by atoms with Gasteiger partial charge in [0.05, 0.1) is 19.8 Å². The van der Waals surface area contributed by atoms with Gasteiger partial charge in [0.1, 0.15) is 6.04 Å². The number of esters is 1. The number of rotatable bonds is 7. The van der Waals surface area contributed by atoms with Crippen molar-refractivity contribution in [2.75, 3.05) is 38.8 Å². The fraction of sp³-hybridized carbons (Fsp3) is 0.917. The summed E-state index contributed by atoms with van der Waals surface area (Å²) in [6.07, 6.45) is 3.14. The lowest BCUT2D eigenvalue weighted by Crippen LogP contribution is -2.46.